The molecule has 0 radical (unpaired) electrons. The van der Waals surface area contributed by atoms with Gasteiger partial charge in [0, 0.05) is 17.1 Å². The third-order valence-electron chi connectivity index (χ3n) is 1.90. The van der Waals surface area contributed by atoms with E-state index in [2.05, 4.69) is 20.9 Å². The third kappa shape index (κ3) is 2.42. The Kier molecular flexibility index (Phi) is 3.72. The molecule has 16 heavy (non-hydrogen) atoms. The lowest BCUT2D eigenvalue weighted by molar-refractivity contribution is -0.137. The van der Waals surface area contributed by atoms with Gasteiger partial charge in [-0.2, -0.15) is 13.2 Å². The van der Waals surface area contributed by atoms with Crippen molar-refractivity contribution in [3.05, 3.63) is 23.0 Å². The molecule has 0 unspecified atom stereocenters. The van der Waals surface area contributed by atoms with Gasteiger partial charge in [0.15, 0.2) is 0 Å². The Hall–Kier alpha value is -0.920. The summed E-state index contributed by atoms with van der Waals surface area (Å²) in [6.07, 6.45) is -7.34. The van der Waals surface area contributed by atoms with Crippen LogP contribution in [0.4, 0.5) is 27.6 Å². The molecule has 0 atom stereocenters. The van der Waals surface area contributed by atoms with Gasteiger partial charge in [-0.1, -0.05) is 15.9 Å². The highest BCUT2D eigenvalue weighted by atomic mass is 79.9. The van der Waals surface area contributed by atoms with Crippen molar-refractivity contribution in [3.8, 4) is 0 Å². The Balaban J connectivity index is 3.41. The number of aromatic nitrogens is 1. The number of nitrogens with two attached hydrogens (primary N) is 1. The van der Waals surface area contributed by atoms with E-state index in [1.165, 1.54) is 0 Å². The summed E-state index contributed by atoms with van der Waals surface area (Å²) in [4.78, 5) is 3.10. The first kappa shape index (κ1) is 13.1. The normalized spacial score (nSPS) is 12.2. The maximum Gasteiger partial charge on any atom is 0.419 e. The second-order valence-corrected chi connectivity index (χ2v) is 3.44. The molecule has 0 spiro atoms. The topological polar surface area (TPSA) is 38.9 Å². The quantitative estimate of drug-likeness (QED) is 0.671. The van der Waals surface area contributed by atoms with Crippen molar-refractivity contribution in [2.24, 2.45) is 0 Å². The molecule has 1 aromatic heterocycles. The van der Waals surface area contributed by atoms with Crippen LogP contribution in [-0.4, -0.2) is 4.98 Å². The van der Waals surface area contributed by atoms with Crippen molar-refractivity contribution in [2.75, 3.05) is 5.73 Å². The minimum atomic E-state index is -4.70. The molecule has 0 saturated heterocycles. The summed E-state index contributed by atoms with van der Waals surface area (Å²) in [5.74, 6) is 0. The smallest absolute Gasteiger partial charge is 0.398 e. The summed E-state index contributed by atoms with van der Waals surface area (Å²) < 4.78 is 61.9. The Morgan fingerprint density at radius 1 is 1.38 bits per heavy atom. The highest BCUT2D eigenvalue weighted by Crippen LogP contribution is 2.37. The van der Waals surface area contributed by atoms with E-state index >= 15 is 0 Å². The summed E-state index contributed by atoms with van der Waals surface area (Å²) in [5.41, 5.74) is 2.22. The van der Waals surface area contributed by atoms with E-state index in [4.69, 9.17) is 5.73 Å². The van der Waals surface area contributed by atoms with Gasteiger partial charge in [-0.25, -0.2) is 8.78 Å². The number of hydrogen-bond acceptors (Lipinski definition) is 2. The number of halogens is 6. The first-order valence-corrected chi connectivity index (χ1v) is 5.09. The predicted octanol–water partition coefficient (Wildman–Crippen LogP) is 3.52. The SMILES string of the molecule is Nc1c(C(F)(F)F)cnc(C(F)F)c1CBr. The minimum absolute atomic E-state index is 0.213. The van der Waals surface area contributed by atoms with Crippen molar-refractivity contribution in [2.45, 2.75) is 17.9 Å². The number of anilines is 1. The van der Waals surface area contributed by atoms with Crippen LogP contribution in [0.25, 0.3) is 0 Å². The van der Waals surface area contributed by atoms with Crippen LogP contribution in [0.1, 0.15) is 23.2 Å². The van der Waals surface area contributed by atoms with E-state index < -0.39 is 29.5 Å². The zero-order chi connectivity index (χ0) is 12.5. The first-order valence-electron chi connectivity index (χ1n) is 3.97. The molecule has 0 aliphatic rings. The van der Waals surface area contributed by atoms with Gasteiger partial charge in [0.2, 0.25) is 0 Å². The highest BCUT2D eigenvalue weighted by molar-refractivity contribution is 9.08. The lowest BCUT2D eigenvalue weighted by Gasteiger charge is -2.14. The number of rotatable bonds is 2. The molecule has 0 aliphatic carbocycles. The monoisotopic (exact) mass is 304 g/mol. The Bertz CT molecular complexity index is 391. The minimum Gasteiger partial charge on any atom is -0.398 e. The van der Waals surface area contributed by atoms with Gasteiger partial charge in [-0.3, -0.25) is 4.98 Å². The molecule has 8 heteroatoms. The molecule has 1 aromatic rings. The molecule has 90 valence electrons. The van der Waals surface area contributed by atoms with Gasteiger partial charge in [-0.05, 0) is 0 Å². The van der Waals surface area contributed by atoms with E-state index in [0.717, 1.165) is 0 Å². The van der Waals surface area contributed by atoms with E-state index in [-0.39, 0.29) is 10.9 Å². The molecular formula is C8H6BrF5N2. The van der Waals surface area contributed by atoms with Crippen LogP contribution in [0.2, 0.25) is 0 Å². The second kappa shape index (κ2) is 4.52. The number of hydrogen-bond donors (Lipinski definition) is 1. The molecule has 2 N–H and O–H groups in total. The summed E-state index contributed by atoms with van der Waals surface area (Å²) in [6, 6.07) is 0. The third-order valence-corrected chi connectivity index (χ3v) is 2.46. The first-order chi connectivity index (χ1) is 7.29. The fraction of sp³-hybridized carbons (Fsp3) is 0.375. The number of nitrogen functional groups attached to an aromatic ring is 1. The van der Waals surface area contributed by atoms with E-state index in [9.17, 15) is 22.0 Å². The molecule has 0 aromatic carbocycles. The fourth-order valence-corrected chi connectivity index (χ4v) is 1.73. The van der Waals surface area contributed by atoms with Crippen molar-refractivity contribution < 1.29 is 22.0 Å². The molecule has 2 nitrogen and oxygen atoms in total. The fourth-order valence-electron chi connectivity index (χ4n) is 1.14. The van der Waals surface area contributed by atoms with Gasteiger partial charge >= 0.3 is 6.18 Å². The average Bonchev–Trinajstić information content (AvgIpc) is 2.14. The molecule has 0 fully saturated rings. The van der Waals surface area contributed by atoms with Crippen molar-refractivity contribution in [1.29, 1.82) is 0 Å². The summed E-state index contributed by atoms with van der Waals surface area (Å²) in [7, 11) is 0. The number of alkyl halides is 6. The maximum atomic E-state index is 12.4. The lowest BCUT2D eigenvalue weighted by atomic mass is 10.1. The average molecular weight is 305 g/mol. The number of pyridine rings is 1. The van der Waals surface area contributed by atoms with Crippen LogP contribution in [0.15, 0.2) is 6.20 Å². The predicted molar refractivity (Wildman–Crippen MR) is 51.2 cm³/mol. The lowest BCUT2D eigenvalue weighted by Crippen LogP contribution is -2.13. The van der Waals surface area contributed by atoms with Crippen molar-refractivity contribution >= 4 is 21.6 Å². The summed E-state index contributed by atoms with van der Waals surface area (Å²) in [6.45, 7) is 0. The molecule has 0 bridgehead atoms. The van der Waals surface area contributed by atoms with Crippen LogP contribution < -0.4 is 5.73 Å². The Morgan fingerprint density at radius 3 is 2.31 bits per heavy atom. The van der Waals surface area contributed by atoms with Gasteiger partial charge in [0.25, 0.3) is 6.43 Å². The molecule has 0 saturated carbocycles. The van der Waals surface area contributed by atoms with Gasteiger partial charge in [0.1, 0.15) is 5.69 Å². The van der Waals surface area contributed by atoms with Crippen LogP contribution in [0.5, 0.6) is 0 Å². The van der Waals surface area contributed by atoms with Crippen molar-refractivity contribution in [1.82, 2.24) is 4.98 Å². The van der Waals surface area contributed by atoms with Crippen molar-refractivity contribution in [3.63, 3.8) is 0 Å². The largest absolute Gasteiger partial charge is 0.419 e. The molecule has 0 aliphatic heterocycles. The van der Waals surface area contributed by atoms with Crippen LogP contribution in [0, 0.1) is 0 Å². The standard InChI is InChI=1S/C8H6BrF5N2/c9-1-3-5(15)4(8(12,13)14)2-16-6(3)7(10)11/h2,7H,1H2,(H2,15,16). The Labute approximate surface area is 95.8 Å². The summed E-state index contributed by atoms with van der Waals surface area (Å²) in [5, 5.41) is -0.213. The van der Waals surface area contributed by atoms with Gasteiger partial charge < -0.3 is 5.73 Å². The van der Waals surface area contributed by atoms with Crippen LogP contribution in [-0.2, 0) is 11.5 Å². The molecule has 0 amide bonds. The van der Waals surface area contributed by atoms with Gasteiger partial charge in [0.05, 0.1) is 11.3 Å². The van der Waals surface area contributed by atoms with Crippen LogP contribution in [0.3, 0.4) is 0 Å². The maximum absolute atomic E-state index is 12.4. The summed E-state index contributed by atoms with van der Waals surface area (Å²) >= 11 is 2.81. The second-order valence-electron chi connectivity index (χ2n) is 2.88. The zero-order valence-corrected chi connectivity index (χ0v) is 9.24. The van der Waals surface area contributed by atoms with E-state index in [1.54, 1.807) is 0 Å². The zero-order valence-electron chi connectivity index (χ0n) is 7.65. The Morgan fingerprint density at radius 2 is 1.94 bits per heavy atom. The van der Waals surface area contributed by atoms with Gasteiger partial charge in [-0.15, -0.1) is 0 Å². The van der Waals surface area contributed by atoms with E-state index in [0.29, 0.717) is 6.20 Å². The molecular weight excluding hydrogens is 299 g/mol. The van der Waals surface area contributed by atoms with Crippen LogP contribution >= 0.6 is 15.9 Å². The van der Waals surface area contributed by atoms with E-state index in [1.807, 2.05) is 0 Å². The number of nitrogens with zero attached hydrogens (tertiary/aromatic N) is 1. The molecule has 1 rings (SSSR count). The highest BCUT2D eigenvalue weighted by Gasteiger charge is 2.35. The molecule has 1 heterocycles.